The highest BCUT2D eigenvalue weighted by Crippen LogP contribution is 2.35. The van der Waals surface area contributed by atoms with Crippen LogP contribution in [0.4, 0.5) is 0 Å². The van der Waals surface area contributed by atoms with E-state index in [1.165, 1.54) is 21.6 Å². The fourth-order valence-corrected chi connectivity index (χ4v) is 12.9. The van der Waals surface area contributed by atoms with Crippen molar-refractivity contribution in [3.63, 3.8) is 0 Å². The molecule has 4 saturated heterocycles. The summed E-state index contributed by atoms with van der Waals surface area (Å²) in [5, 5.41) is 3.09. The molecule has 0 radical (unpaired) electrons. The number of hydrogen-bond acceptors (Lipinski definition) is 27. The van der Waals surface area contributed by atoms with Gasteiger partial charge < -0.3 is 19.4 Å². The summed E-state index contributed by atoms with van der Waals surface area (Å²) in [6, 6.07) is 17.0. The molecule has 1 N–H and O–H groups in total. The SMILES string of the molecule is CC(CCC(=O)ON1C(=O)CCC1=O)SSc1ccccn1.CCCC(C(=O)ON1C(=O)CCC1=O)S(=O)(=O)O.O=C(CCCSSc1ccccn1)ON1C(=O)CCC1=O.O=C(CCSSc1ccccn1)ON1C(=O)CCC1=O. The summed E-state index contributed by atoms with van der Waals surface area (Å²) in [5.41, 5.74) is 0. The molecule has 3 aromatic rings. The van der Waals surface area contributed by atoms with Crippen molar-refractivity contribution in [3.05, 3.63) is 73.2 Å². The molecule has 0 bridgehead atoms. The maximum Gasteiger partial charge on any atom is 0.353 e. The fraction of sp³-hybridized carbons (Fsp3) is 0.438. The molecule has 26 nitrogen and oxygen atoms in total. The van der Waals surface area contributed by atoms with E-state index in [0.717, 1.165) is 20.8 Å². The number of carbonyl (C=O) groups is 12. The van der Waals surface area contributed by atoms with Crippen LogP contribution in [0.2, 0.25) is 0 Å². The lowest BCUT2D eigenvalue weighted by molar-refractivity contribution is -0.197. The number of hydrogen-bond donors (Lipinski definition) is 1. The van der Waals surface area contributed by atoms with Crippen LogP contribution in [0.5, 0.6) is 0 Å². The van der Waals surface area contributed by atoms with E-state index < -0.39 is 86.5 Å². The van der Waals surface area contributed by atoms with E-state index in [9.17, 15) is 66.0 Å². The van der Waals surface area contributed by atoms with Crippen molar-refractivity contribution in [2.75, 3.05) is 11.5 Å². The van der Waals surface area contributed by atoms with Crippen LogP contribution in [0.25, 0.3) is 0 Å². The van der Waals surface area contributed by atoms with Gasteiger partial charge in [-0.1, -0.05) is 70.8 Å². The summed E-state index contributed by atoms with van der Waals surface area (Å²) in [5.74, 6) is -5.91. The molecule has 2 atom stereocenters. The minimum absolute atomic E-state index is 0.0869. The van der Waals surface area contributed by atoms with Crippen LogP contribution in [0, 0.1) is 0 Å². The van der Waals surface area contributed by atoms with Gasteiger partial charge in [-0.05, 0) is 88.0 Å². The minimum atomic E-state index is -4.63. The highest BCUT2D eigenvalue weighted by Gasteiger charge is 2.39. The normalized spacial score (nSPS) is 15.7. The zero-order chi connectivity index (χ0) is 59.3. The monoisotopic (exact) mass is 1260 g/mol. The fourth-order valence-electron chi connectivity index (χ4n) is 6.17. The van der Waals surface area contributed by atoms with Crippen LogP contribution in [0.3, 0.4) is 0 Å². The van der Waals surface area contributed by atoms with Crippen molar-refractivity contribution < 1.29 is 89.9 Å². The Labute approximate surface area is 488 Å². The molecule has 3 aromatic heterocycles. The first-order valence-corrected chi connectivity index (χ1v) is 32.9. The molecule has 0 aliphatic carbocycles. The molecule has 438 valence electrons. The van der Waals surface area contributed by atoms with Gasteiger partial charge in [0.15, 0.2) is 5.25 Å². The third kappa shape index (κ3) is 24.9. The first kappa shape index (κ1) is 67.4. The summed E-state index contributed by atoms with van der Waals surface area (Å²) in [6.07, 6.45) is 7.46. The Bertz CT molecular complexity index is 2750. The Morgan fingerprint density at radius 3 is 1.25 bits per heavy atom. The summed E-state index contributed by atoms with van der Waals surface area (Å²) >= 11 is 0. The average Bonchev–Trinajstić information content (AvgIpc) is 4.19. The van der Waals surface area contributed by atoms with E-state index in [0.29, 0.717) is 40.2 Å². The van der Waals surface area contributed by atoms with Crippen LogP contribution in [0.1, 0.15) is 110 Å². The van der Waals surface area contributed by atoms with Crippen molar-refractivity contribution in [2.24, 2.45) is 0 Å². The number of aromatic nitrogens is 3. The van der Waals surface area contributed by atoms with E-state index in [2.05, 4.69) is 19.8 Å². The summed E-state index contributed by atoms with van der Waals surface area (Å²) in [4.78, 5) is 167. The van der Waals surface area contributed by atoms with Crippen molar-refractivity contribution in [2.45, 2.75) is 136 Å². The van der Waals surface area contributed by atoms with E-state index in [-0.39, 0.29) is 87.4 Å². The summed E-state index contributed by atoms with van der Waals surface area (Å²) in [6.45, 7) is 3.61. The summed E-state index contributed by atoms with van der Waals surface area (Å²) < 4.78 is 30.8. The van der Waals surface area contributed by atoms with E-state index in [4.69, 9.17) is 19.1 Å². The highest BCUT2D eigenvalue weighted by molar-refractivity contribution is 8.77. The van der Waals surface area contributed by atoms with Gasteiger partial charge in [-0.3, -0.25) is 42.9 Å². The third-order valence-electron chi connectivity index (χ3n) is 10.2. The maximum absolute atomic E-state index is 11.7. The van der Waals surface area contributed by atoms with E-state index >= 15 is 0 Å². The lowest BCUT2D eigenvalue weighted by atomic mass is 10.2. The molecule has 8 amide bonds. The zero-order valence-electron chi connectivity index (χ0n) is 43.4. The zero-order valence-corrected chi connectivity index (χ0v) is 49.1. The first-order valence-electron chi connectivity index (χ1n) is 24.6. The van der Waals surface area contributed by atoms with Gasteiger partial charge in [0.1, 0.15) is 15.1 Å². The minimum Gasteiger partial charge on any atom is -0.330 e. The Morgan fingerprint density at radius 2 is 0.877 bits per heavy atom. The Balaban J connectivity index is 0.000000233. The smallest absolute Gasteiger partial charge is 0.330 e. The predicted octanol–water partition coefficient (Wildman–Crippen LogP) is 6.28. The summed E-state index contributed by atoms with van der Waals surface area (Å²) in [7, 11) is 4.58. The molecule has 4 fully saturated rings. The topological polar surface area (TPSA) is 348 Å². The number of imide groups is 4. The van der Waals surface area contributed by atoms with Gasteiger partial charge in [0, 0.05) is 99.6 Å². The van der Waals surface area contributed by atoms with Crippen molar-refractivity contribution in [3.8, 4) is 0 Å². The van der Waals surface area contributed by atoms with Gasteiger partial charge >= 0.3 is 23.9 Å². The second kappa shape index (κ2) is 35.7. The quantitative estimate of drug-likeness (QED) is 0.0422. The molecular formula is C48H55N7O19S7. The van der Waals surface area contributed by atoms with Crippen LogP contribution >= 0.6 is 64.8 Å². The van der Waals surface area contributed by atoms with Crippen LogP contribution in [-0.2, 0) is 87.0 Å². The number of nitrogens with zero attached hydrogens (tertiary/aromatic N) is 7. The molecule has 0 spiro atoms. The third-order valence-corrected chi connectivity index (χ3v) is 18.8. The number of pyridine rings is 3. The molecular weight excluding hydrogens is 1200 g/mol. The largest absolute Gasteiger partial charge is 0.353 e. The second-order valence-corrected chi connectivity index (χ2v) is 25.7. The van der Waals surface area contributed by atoms with Gasteiger partial charge in [-0.15, -0.1) is 20.3 Å². The molecule has 0 saturated carbocycles. The van der Waals surface area contributed by atoms with Gasteiger partial charge in [0.05, 0.1) is 6.42 Å². The molecule has 7 heterocycles. The maximum atomic E-state index is 11.7. The molecule has 2 unspecified atom stereocenters. The first-order chi connectivity index (χ1) is 38.7. The van der Waals surface area contributed by atoms with Gasteiger partial charge in [0.25, 0.3) is 57.4 Å². The van der Waals surface area contributed by atoms with Gasteiger partial charge in [-0.25, -0.2) is 34.1 Å². The molecule has 4 aliphatic rings. The van der Waals surface area contributed by atoms with E-state index in [1.807, 2.05) is 61.5 Å². The molecule has 4 aliphatic heterocycles. The Morgan fingerprint density at radius 1 is 0.519 bits per heavy atom. The Kier molecular flexibility index (Phi) is 29.7. The van der Waals surface area contributed by atoms with Gasteiger partial charge in [0.2, 0.25) is 0 Å². The second-order valence-electron chi connectivity index (χ2n) is 16.6. The standard InChI is InChI=1S/C14H16N2O4S2.C13H14N2O4S2.C12H12N2O4S2.C9H13NO7S/c1-10(21-22-11-4-2-3-9-15-11)5-8-14(19)20-16-12(17)6-7-13(16)18;16-11-6-7-12(17)15(11)19-13(18)5-3-9-20-21-10-4-1-2-8-14-10;15-10-4-5-11(16)14(10)18-12(17)6-8-19-20-9-3-1-2-7-13-9;1-2-3-6(18(14,15)16)9(13)17-10-7(11)4-5-8(10)12/h2-4,9-10H,5-8H2,1H3;1-2,4,8H,3,5-7,9H2;1-3,7H,4-6,8H2;6H,2-5H2,1H3,(H,14,15,16). The van der Waals surface area contributed by atoms with E-state index in [1.54, 1.807) is 68.7 Å². The lowest BCUT2D eigenvalue weighted by Gasteiger charge is -2.16. The predicted molar refractivity (Wildman–Crippen MR) is 294 cm³/mol. The number of rotatable bonds is 25. The molecule has 81 heavy (non-hydrogen) atoms. The average molecular weight is 1260 g/mol. The van der Waals surface area contributed by atoms with Crippen molar-refractivity contribution in [1.82, 2.24) is 35.2 Å². The van der Waals surface area contributed by atoms with Crippen molar-refractivity contribution >= 4 is 146 Å². The molecule has 7 rings (SSSR count). The molecule has 33 heteroatoms. The highest BCUT2D eigenvalue weighted by atomic mass is 33.1. The number of amides is 8. The van der Waals surface area contributed by atoms with Gasteiger partial charge in [-0.2, -0.15) is 8.42 Å². The van der Waals surface area contributed by atoms with Crippen LogP contribution in [0.15, 0.2) is 88.3 Å². The van der Waals surface area contributed by atoms with Crippen molar-refractivity contribution in [1.29, 1.82) is 0 Å². The lowest BCUT2D eigenvalue weighted by Crippen LogP contribution is -2.39. The van der Waals surface area contributed by atoms with Crippen LogP contribution < -0.4 is 0 Å². The number of carbonyl (C=O) groups excluding carboxylic acids is 12. The molecule has 0 aromatic carbocycles. The number of hydroxylamine groups is 8. The Hall–Kier alpha value is -6.10. The van der Waals surface area contributed by atoms with Crippen LogP contribution in [-0.4, -0.2) is 141 Å².